The standard InChI is InChI=1S/C18H22N4O2S/c1-12-7-8-13(2)16(9-12)20-18(25)22-21-17(23)11-19-14-5-4-6-15(10-14)24-3/h4-10,19H,11H2,1-3H3,(H,21,23)(H2,20,22,25). The number of methoxy groups -OCH3 is 1. The van der Waals surface area contributed by atoms with Crippen molar-refractivity contribution in [3.05, 3.63) is 53.6 Å². The molecule has 25 heavy (non-hydrogen) atoms. The number of carbonyl (C=O) groups is 1. The summed E-state index contributed by atoms with van der Waals surface area (Å²) < 4.78 is 5.14. The van der Waals surface area contributed by atoms with Crippen molar-refractivity contribution in [2.45, 2.75) is 13.8 Å². The Hall–Kier alpha value is -2.80. The predicted octanol–water partition coefficient (Wildman–Crippen LogP) is 2.74. The van der Waals surface area contributed by atoms with Crippen LogP contribution in [0.1, 0.15) is 11.1 Å². The maximum absolute atomic E-state index is 11.9. The average Bonchev–Trinajstić information content (AvgIpc) is 2.61. The van der Waals surface area contributed by atoms with E-state index in [4.69, 9.17) is 17.0 Å². The molecule has 2 rings (SSSR count). The second-order valence-corrected chi connectivity index (χ2v) is 5.94. The highest BCUT2D eigenvalue weighted by atomic mass is 32.1. The number of aryl methyl sites for hydroxylation is 2. The third-order valence-electron chi connectivity index (χ3n) is 3.48. The van der Waals surface area contributed by atoms with Crippen LogP contribution in [0.3, 0.4) is 0 Å². The van der Waals surface area contributed by atoms with Crippen molar-refractivity contribution in [3.63, 3.8) is 0 Å². The molecule has 0 heterocycles. The van der Waals surface area contributed by atoms with Gasteiger partial charge in [0.05, 0.1) is 13.7 Å². The van der Waals surface area contributed by atoms with E-state index < -0.39 is 0 Å². The van der Waals surface area contributed by atoms with Crippen LogP contribution in [0.5, 0.6) is 5.75 Å². The van der Waals surface area contributed by atoms with Crippen molar-refractivity contribution in [2.75, 3.05) is 24.3 Å². The molecular formula is C18H22N4O2S. The maximum atomic E-state index is 11.9. The minimum Gasteiger partial charge on any atom is -0.497 e. The van der Waals surface area contributed by atoms with Gasteiger partial charge in [-0.25, -0.2) is 0 Å². The average molecular weight is 358 g/mol. The number of nitrogens with one attached hydrogen (secondary N) is 4. The van der Waals surface area contributed by atoms with E-state index in [1.54, 1.807) is 7.11 Å². The summed E-state index contributed by atoms with van der Waals surface area (Å²) in [6.07, 6.45) is 0. The Labute approximate surface area is 152 Å². The number of amides is 1. The highest BCUT2D eigenvalue weighted by Crippen LogP contribution is 2.16. The van der Waals surface area contributed by atoms with E-state index in [1.165, 1.54) is 0 Å². The monoisotopic (exact) mass is 358 g/mol. The third-order valence-corrected chi connectivity index (χ3v) is 3.68. The molecule has 0 aliphatic carbocycles. The van der Waals surface area contributed by atoms with Crippen LogP contribution >= 0.6 is 12.2 Å². The van der Waals surface area contributed by atoms with Gasteiger partial charge in [0.25, 0.3) is 5.91 Å². The van der Waals surface area contributed by atoms with Crippen LogP contribution in [0.25, 0.3) is 0 Å². The number of carbonyl (C=O) groups excluding carboxylic acids is 1. The molecular weight excluding hydrogens is 336 g/mol. The van der Waals surface area contributed by atoms with Gasteiger partial charge < -0.3 is 15.4 Å². The number of hydrazine groups is 1. The number of ether oxygens (including phenoxy) is 1. The number of anilines is 2. The molecule has 132 valence electrons. The molecule has 0 atom stereocenters. The molecule has 0 aromatic heterocycles. The zero-order chi connectivity index (χ0) is 18.2. The Balaban J connectivity index is 1.77. The van der Waals surface area contributed by atoms with Gasteiger partial charge in [-0.2, -0.15) is 0 Å². The van der Waals surface area contributed by atoms with Gasteiger partial charge in [-0.05, 0) is 55.4 Å². The molecule has 0 spiro atoms. The summed E-state index contributed by atoms with van der Waals surface area (Å²) in [4.78, 5) is 11.9. The summed E-state index contributed by atoms with van der Waals surface area (Å²) in [6.45, 7) is 4.10. The number of benzene rings is 2. The summed E-state index contributed by atoms with van der Waals surface area (Å²) in [5, 5.41) is 6.40. The van der Waals surface area contributed by atoms with Gasteiger partial charge in [0.2, 0.25) is 0 Å². The second-order valence-electron chi connectivity index (χ2n) is 5.53. The minimum absolute atomic E-state index is 0.103. The molecule has 0 unspecified atom stereocenters. The summed E-state index contributed by atoms with van der Waals surface area (Å²) in [7, 11) is 1.60. The van der Waals surface area contributed by atoms with Crippen molar-refractivity contribution in [1.82, 2.24) is 10.9 Å². The van der Waals surface area contributed by atoms with E-state index in [1.807, 2.05) is 56.3 Å². The fourth-order valence-corrected chi connectivity index (χ4v) is 2.27. The molecule has 2 aromatic carbocycles. The fourth-order valence-electron chi connectivity index (χ4n) is 2.11. The molecule has 0 aliphatic rings. The van der Waals surface area contributed by atoms with Crippen molar-refractivity contribution in [1.29, 1.82) is 0 Å². The molecule has 6 nitrogen and oxygen atoms in total. The summed E-state index contributed by atoms with van der Waals surface area (Å²) >= 11 is 5.19. The Morgan fingerprint density at radius 1 is 1.12 bits per heavy atom. The van der Waals surface area contributed by atoms with Gasteiger partial charge in [0.15, 0.2) is 5.11 Å². The Bertz CT molecular complexity index is 764. The predicted molar refractivity (Wildman–Crippen MR) is 105 cm³/mol. The van der Waals surface area contributed by atoms with Crippen LogP contribution < -0.4 is 26.2 Å². The van der Waals surface area contributed by atoms with Crippen molar-refractivity contribution in [3.8, 4) is 5.75 Å². The zero-order valence-corrected chi connectivity index (χ0v) is 15.3. The van der Waals surface area contributed by atoms with E-state index in [2.05, 4.69) is 21.5 Å². The Kier molecular flexibility index (Phi) is 6.59. The molecule has 7 heteroatoms. The summed E-state index contributed by atoms with van der Waals surface area (Å²) in [5.74, 6) is 0.482. The van der Waals surface area contributed by atoms with Gasteiger partial charge in [-0.1, -0.05) is 18.2 Å². The summed E-state index contributed by atoms with van der Waals surface area (Å²) in [5.41, 5.74) is 9.14. The largest absolute Gasteiger partial charge is 0.497 e. The third kappa shape index (κ3) is 5.96. The van der Waals surface area contributed by atoms with Crippen LogP contribution in [-0.2, 0) is 4.79 Å². The molecule has 0 aliphatic heterocycles. The topological polar surface area (TPSA) is 74.4 Å². The lowest BCUT2D eigenvalue weighted by Gasteiger charge is -2.14. The first-order valence-corrected chi connectivity index (χ1v) is 8.20. The van der Waals surface area contributed by atoms with Crippen LogP contribution in [0.15, 0.2) is 42.5 Å². The second kappa shape index (κ2) is 8.89. The Morgan fingerprint density at radius 3 is 2.68 bits per heavy atom. The number of hydrogen-bond acceptors (Lipinski definition) is 4. The smallest absolute Gasteiger partial charge is 0.257 e. The first-order valence-electron chi connectivity index (χ1n) is 7.79. The fraction of sp³-hybridized carbons (Fsp3) is 0.222. The van der Waals surface area contributed by atoms with Gasteiger partial charge in [0.1, 0.15) is 5.75 Å². The molecule has 0 radical (unpaired) electrons. The lowest BCUT2D eigenvalue weighted by Crippen LogP contribution is -2.46. The number of hydrogen-bond donors (Lipinski definition) is 4. The van der Waals surface area contributed by atoms with Gasteiger partial charge in [-0.3, -0.25) is 15.6 Å². The highest BCUT2D eigenvalue weighted by molar-refractivity contribution is 7.80. The van der Waals surface area contributed by atoms with Gasteiger partial charge in [-0.15, -0.1) is 0 Å². The summed E-state index contributed by atoms with van der Waals surface area (Å²) in [6, 6.07) is 13.4. The quantitative estimate of drug-likeness (QED) is 0.487. The van der Waals surface area contributed by atoms with Crippen LogP contribution in [0.4, 0.5) is 11.4 Å². The maximum Gasteiger partial charge on any atom is 0.257 e. The highest BCUT2D eigenvalue weighted by Gasteiger charge is 2.05. The SMILES string of the molecule is COc1cccc(NCC(=O)NNC(=S)Nc2cc(C)ccc2C)c1. The first kappa shape index (κ1) is 18.5. The van der Waals surface area contributed by atoms with Crippen molar-refractivity contribution >= 4 is 34.6 Å². The lowest BCUT2D eigenvalue weighted by molar-refractivity contribution is -0.119. The molecule has 0 saturated carbocycles. The van der Waals surface area contributed by atoms with E-state index in [9.17, 15) is 4.79 Å². The number of rotatable bonds is 5. The van der Waals surface area contributed by atoms with E-state index in [0.29, 0.717) is 5.11 Å². The van der Waals surface area contributed by atoms with Crippen molar-refractivity contribution in [2.24, 2.45) is 0 Å². The normalized spacial score (nSPS) is 9.88. The molecule has 4 N–H and O–H groups in total. The first-order chi connectivity index (χ1) is 12.0. The van der Waals surface area contributed by atoms with E-state index in [-0.39, 0.29) is 12.5 Å². The van der Waals surface area contributed by atoms with E-state index >= 15 is 0 Å². The molecule has 2 aromatic rings. The molecule has 0 saturated heterocycles. The Morgan fingerprint density at radius 2 is 1.92 bits per heavy atom. The van der Waals surface area contributed by atoms with Crippen LogP contribution in [0, 0.1) is 13.8 Å². The van der Waals surface area contributed by atoms with Gasteiger partial charge >= 0.3 is 0 Å². The zero-order valence-electron chi connectivity index (χ0n) is 14.5. The molecule has 0 fully saturated rings. The van der Waals surface area contributed by atoms with Crippen LogP contribution in [0.2, 0.25) is 0 Å². The van der Waals surface area contributed by atoms with Crippen molar-refractivity contribution < 1.29 is 9.53 Å². The molecule has 0 bridgehead atoms. The minimum atomic E-state index is -0.243. The van der Waals surface area contributed by atoms with Gasteiger partial charge in [0, 0.05) is 17.4 Å². The number of thiocarbonyl (C=S) groups is 1. The lowest BCUT2D eigenvalue weighted by atomic mass is 10.1. The molecule has 1 amide bonds. The van der Waals surface area contributed by atoms with E-state index in [0.717, 1.165) is 28.3 Å². The van der Waals surface area contributed by atoms with Crippen LogP contribution in [-0.4, -0.2) is 24.7 Å².